The fourth-order valence-electron chi connectivity index (χ4n) is 4.12. The molecule has 1 aliphatic rings. The highest BCUT2D eigenvalue weighted by atomic mass is 16.5. The number of fused-ring (bicyclic) bond motifs is 1. The number of rotatable bonds is 5. The minimum absolute atomic E-state index is 0.0189. The summed E-state index contributed by atoms with van der Waals surface area (Å²) in [6.07, 6.45) is 5.69. The van der Waals surface area contributed by atoms with Gasteiger partial charge < -0.3 is 15.0 Å². The standard InChI is InChI=1S/C24H29N5O3/c1-4-18-22(27(2)24(31)26-19-10-6-7-11-20(19)32-3)29-16-17(12-13-21(29)25-18)23(30)28-14-8-5-9-15-28/h6-7,10-13,16H,4-5,8-9,14-15H2,1-3H3,(H,26,31). The minimum atomic E-state index is -0.321. The number of carbonyl (C=O) groups excluding carboxylic acids is 2. The van der Waals surface area contributed by atoms with Crippen LogP contribution in [0.1, 0.15) is 42.2 Å². The summed E-state index contributed by atoms with van der Waals surface area (Å²) in [5.41, 5.74) is 2.66. The summed E-state index contributed by atoms with van der Waals surface area (Å²) in [6.45, 7) is 3.57. The molecule has 1 aliphatic heterocycles. The van der Waals surface area contributed by atoms with Crippen molar-refractivity contribution in [3.8, 4) is 5.75 Å². The molecule has 3 aromatic rings. The number of nitrogens with zero attached hydrogens (tertiary/aromatic N) is 4. The third-order valence-electron chi connectivity index (χ3n) is 5.86. The van der Waals surface area contributed by atoms with Crippen LogP contribution in [0.4, 0.5) is 16.3 Å². The van der Waals surface area contributed by atoms with Crippen LogP contribution in [0.25, 0.3) is 5.65 Å². The molecule has 3 amide bonds. The number of benzene rings is 1. The Kier molecular flexibility index (Phi) is 6.30. The highest BCUT2D eigenvalue weighted by Crippen LogP contribution is 2.27. The van der Waals surface area contributed by atoms with Crippen LogP contribution in [-0.2, 0) is 6.42 Å². The second kappa shape index (κ2) is 9.30. The molecular weight excluding hydrogens is 406 g/mol. The Morgan fingerprint density at radius 1 is 1.12 bits per heavy atom. The molecule has 0 unspecified atom stereocenters. The summed E-state index contributed by atoms with van der Waals surface area (Å²) in [5.74, 6) is 1.24. The first-order valence-electron chi connectivity index (χ1n) is 11.0. The number of nitrogens with one attached hydrogen (secondary N) is 1. The molecule has 0 spiro atoms. The maximum Gasteiger partial charge on any atom is 0.327 e. The van der Waals surface area contributed by atoms with Crippen molar-refractivity contribution in [3.63, 3.8) is 0 Å². The fraction of sp³-hybridized carbons (Fsp3) is 0.375. The summed E-state index contributed by atoms with van der Waals surface area (Å²) in [6, 6.07) is 10.6. The molecule has 32 heavy (non-hydrogen) atoms. The fourth-order valence-corrected chi connectivity index (χ4v) is 4.12. The van der Waals surface area contributed by atoms with Crippen molar-refractivity contribution in [1.82, 2.24) is 14.3 Å². The molecule has 168 valence electrons. The van der Waals surface area contributed by atoms with Crippen LogP contribution in [0.15, 0.2) is 42.6 Å². The number of anilines is 2. The Balaban J connectivity index is 1.67. The number of ether oxygens (including phenoxy) is 1. The number of piperidine rings is 1. The van der Waals surface area contributed by atoms with Crippen LogP contribution < -0.4 is 15.0 Å². The molecule has 0 bridgehead atoms. The summed E-state index contributed by atoms with van der Waals surface area (Å²) in [4.78, 5) is 34.2. The van der Waals surface area contributed by atoms with Crippen molar-refractivity contribution >= 4 is 29.1 Å². The zero-order chi connectivity index (χ0) is 22.7. The Hall–Kier alpha value is -3.55. The number of pyridine rings is 1. The SMILES string of the molecule is CCc1nc2ccc(C(=O)N3CCCCC3)cn2c1N(C)C(=O)Nc1ccccc1OC. The van der Waals surface area contributed by atoms with Crippen molar-refractivity contribution in [3.05, 3.63) is 53.9 Å². The number of carbonyl (C=O) groups is 2. The molecule has 0 saturated carbocycles. The summed E-state index contributed by atoms with van der Waals surface area (Å²) in [7, 11) is 3.27. The minimum Gasteiger partial charge on any atom is -0.495 e. The maximum absolute atomic E-state index is 13.1. The van der Waals surface area contributed by atoms with Gasteiger partial charge in [-0.3, -0.25) is 14.1 Å². The van der Waals surface area contributed by atoms with Gasteiger partial charge in [0, 0.05) is 26.3 Å². The van der Waals surface area contributed by atoms with E-state index in [-0.39, 0.29) is 11.9 Å². The molecule has 0 atom stereocenters. The number of aryl methyl sites for hydroxylation is 1. The highest BCUT2D eigenvalue weighted by Gasteiger charge is 2.23. The first-order valence-corrected chi connectivity index (χ1v) is 11.0. The largest absolute Gasteiger partial charge is 0.495 e. The molecule has 3 heterocycles. The van der Waals surface area contributed by atoms with Gasteiger partial charge in [0.2, 0.25) is 0 Å². The summed E-state index contributed by atoms with van der Waals surface area (Å²) < 4.78 is 7.17. The van der Waals surface area contributed by atoms with E-state index < -0.39 is 0 Å². The van der Waals surface area contributed by atoms with Crippen LogP contribution in [0.5, 0.6) is 5.75 Å². The lowest BCUT2D eigenvalue weighted by atomic mass is 10.1. The second-order valence-corrected chi connectivity index (χ2v) is 7.92. The van der Waals surface area contributed by atoms with Crippen molar-refractivity contribution in [2.24, 2.45) is 0 Å². The van der Waals surface area contributed by atoms with Crippen molar-refractivity contribution in [1.29, 1.82) is 0 Å². The zero-order valence-electron chi connectivity index (χ0n) is 18.8. The highest BCUT2D eigenvalue weighted by molar-refractivity contribution is 6.02. The number of methoxy groups -OCH3 is 1. The smallest absolute Gasteiger partial charge is 0.327 e. The predicted molar refractivity (Wildman–Crippen MR) is 125 cm³/mol. The van der Waals surface area contributed by atoms with Gasteiger partial charge in [-0.25, -0.2) is 9.78 Å². The van der Waals surface area contributed by atoms with Gasteiger partial charge in [0.15, 0.2) is 0 Å². The first-order chi connectivity index (χ1) is 15.5. The second-order valence-electron chi connectivity index (χ2n) is 7.92. The summed E-state index contributed by atoms with van der Waals surface area (Å²) >= 11 is 0. The Labute approximate surface area is 187 Å². The van der Waals surface area contributed by atoms with Gasteiger partial charge in [-0.15, -0.1) is 0 Å². The van der Waals surface area contributed by atoms with Gasteiger partial charge >= 0.3 is 6.03 Å². The lowest BCUT2D eigenvalue weighted by Gasteiger charge is -2.26. The van der Waals surface area contributed by atoms with Gasteiger partial charge in [-0.05, 0) is 49.9 Å². The number of para-hydroxylation sites is 2. The van der Waals surface area contributed by atoms with E-state index in [1.807, 2.05) is 40.5 Å². The van der Waals surface area contributed by atoms with E-state index in [1.54, 1.807) is 32.5 Å². The Morgan fingerprint density at radius 2 is 1.88 bits per heavy atom. The molecule has 0 radical (unpaired) electrons. The van der Waals surface area contributed by atoms with E-state index in [2.05, 4.69) is 10.3 Å². The number of aromatic nitrogens is 2. The molecule has 1 N–H and O–H groups in total. The van der Waals surface area contributed by atoms with E-state index in [9.17, 15) is 9.59 Å². The van der Waals surface area contributed by atoms with Crippen LogP contribution >= 0.6 is 0 Å². The van der Waals surface area contributed by atoms with Gasteiger partial charge in [0.1, 0.15) is 17.2 Å². The zero-order valence-corrected chi connectivity index (χ0v) is 18.8. The molecule has 8 heteroatoms. The van der Waals surface area contributed by atoms with E-state index >= 15 is 0 Å². The molecule has 0 aliphatic carbocycles. The Bertz CT molecular complexity index is 1130. The number of likely N-dealkylation sites (tertiary alicyclic amines) is 1. The number of hydrogen-bond acceptors (Lipinski definition) is 4. The van der Waals surface area contributed by atoms with Gasteiger partial charge in [0.05, 0.1) is 24.1 Å². The van der Waals surface area contributed by atoms with Crippen molar-refractivity contribution in [2.75, 3.05) is 37.5 Å². The van der Waals surface area contributed by atoms with E-state index in [0.29, 0.717) is 34.9 Å². The molecule has 8 nitrogen and oxygen atoms in total. The van der Waals surface area contributed by atoms with Gasteiger partial charge in [-0.2, -0.15) is 0 Å². The molecule has 1 aromatic carbocycles. The molecular formula is C24H29N5O3. The lowest BCUT2D eigenvalue weighted by Crippen LogP contribution is -2.36. The first kappa shape index (κ1) is 21.7. The van der Waals surface area contributed by atoms with Crippen LogP contribution in [0.3, 0.4) is 0 Å². The number of amides is 3. The lowest BCUT2D eigenvalue weighted by molar-refractivity contribution is 0.0724. The number of urea groups is 1. The van der Waals surface area contributed by atoms with E-state index in [4.69, 9.17) is 4.74 Å². The predicted octanol–water partition coefficient (Wildman–Crippen LogP) is 4.20. The van der Waals surface area contributed by atoms with E-state index in [1.165, 1.54) is 11.3 Å². The number of hydrogen-bond donors (Lipinski definition) is 1. The van der Waals surface area contributed by atoms with Gasteiger partial charge in [0.25, 0.3) is 5.91 Å². The molecule has 2 aromatic heterocycles. The maximum atomic E-state index is 13.1. The molecule has 1 saturated heterocycles. The van der Waals surface area contributed by atoms with Crippen LogP contribution in [0.2, 0.25) is 0 Å². The van der Waals surface area contributed by atoms with Crippen LogP contribution in [0, 0.1) is 0 Å². The average molecular weight is 436 g/mol. The van der Waals surface area contributed by atoms with Crippen LogP contribution in [-0.4, -0.2) is 53.5 Å². The quantitative estimate of drug-likeness (QED) is 0.651. The van der Waals surface area contributed by atoms with Crippen molar-refractivity contribution < 1.29 is 14.3 Å². The third-order valence-corrected chi connectivity index (χ3v) is 5.86. The monoisotopic (exact) mass is 435 g/mol. The summed E-state index contributed by atoms with van der Waals surface area (Å²) in [5, 5.41) is 2.90. The topological polar surface area (TPSA) is 79.2 Å². The van der Waals surface area contributed by atoms with Crippen molar-refractivity contribution in [2.45, 2.75) is 32.6 Å². The van der Waals surface area contributed by atoms with Gasteiger partial charge in [-0.1, -0.05) is 19.1 Å². The molecule has 4 rings (SSSR count). The third kappa shape index (κ3) is 4.12. The van der Waals surface area contributed by atoms with E-state index in [0.717, 1.165) is 31.6 Å². The molecule has 1 fully saturated rings. The average Bonchev–Trinajstić information content (AvgIpc) is 3.21. The Morgan fingerprint density at radius 3 is 2.59 bits per heavy atom. The normalized spacial score (nSPS) is 13.8. The number of imidazole rings is 1.